The van der Waals surface area contributed by atoms with Crippen LogP contribution in [0.4, 0.5) is 23.3 Å². The number of carbonyl (C=O) groups excluding carboxylic acids is 8. The number of fused-ring (bicyclic) bond motifs is 12. The molecule has 119 heavy (non-hydrogen) atoms. The molecule has 12 heterocycles. The first-order chi connectivity index (χ1) is 57.8. The van der Waals surface area contributed by atoms with Gasteiger partial charge in [0.1, 0.15) is 18.1 Å². The fraction of sp³-hybridized carbons (Fsp3) is 0.317. The van der Waals surface area contributed by atoms with Crippen LogP contribution in [0.1, 0.15) is 168 Å². The number of ether oxygens (including phenoxy) is 1. The molecular weight excluding hydrogens is 1530 g/mol. The Morgan fingerprint density at radius 1 is 0.361 bits per heavy atom. The van der Waals surface area contributed by atoms with E-state index in [0.29, 0.717) is 78.4 Å². The number of anilines is 4. The summed E-state index contributed by atoms with van der Waals surface area (Å²) in [6, 6.07) is 36.2. The van der Waals surface area contributed by atoms with E-state index in [0.717, 1.165) is 70.7 Å². The van der Waals surface area contributed by atoms with Crippen molar-refractivity contribution in [3.63, 3.8) is 0 Å². The van der Waals surface area contributed by atoms with Crippen molar-refractivity contribution in [2.45, 2.75) is 106 Å². The van der Waals surface area contributed by atoms with Crippen LogP contribution in [0.3, 0.4) is 0 Å². The molecule has 4 aromatic carbocycles. The highest BCUT2D eigenvalue weighted by Gasteiger charge is 2.57. The van der Waals surface area contributed by atoms with Crippen LogP contribution in [-0.2, 0) is 49.6 Å². The Hall–Kier alpha value is -14.5. The van der Waals surface area contributed by atoms with Crippen molar-refractivity contribution in [3.8, 4) is 0 Å². The fourth-order valence-corrected chi connectivity index (χ4v) is 15.1. The molecule has 4 aliphatic heterocycles. The molecule has 0 bridgehead atoms. The van der Waals surface area contributed by atoms with Crippen LogP contribution in [0.5, 0.6) is 0 Å². The average Bonchev–Trinajstić information content (AvgIpc) is 1.60. The van der Waals surface area contributed by atoms with Gasteiger partial charge in [-0.15, -0.1) is 40.8 Å². The van der Waals surface area contributed by atoms with Crippen molar-refractivity contribution in [1.29, 1.82) is 0 Å². The first-order valence-corrected chi connectivity index (χ1v) is 38.5. The van der Waals surface area contributed by atoms with Crippen molar-refractivity contribution in [2.75, 3.05) is 54.4 Å². The van der Waals surface area contributed by atoms with Gasteiger partial charge in [0, 0.05) is 101 Å². The Labute approximate surface area is 677 Å². The highest BCUT2D eigenvalue weighted by atomic mass is 16.5. The van der Waals surface area contributed by atoms with E-state index in [1.54, 1.807) is 84.7 Å². The van der Waals surface area contributed by atoms with Gasteiger partial charge in [-0.2, -0.15) is 0 Å². The molecule has 2 unspecified atom stereocenters. The topological polar surface area (TPSA) is 480 Å². The fourth-order valence-electron chi connectivity index (χ4n) is 15.1. The number of esters is 1. The number of nitrogens with one attached hydrogen (secondary N) is 3. The van der Waals surface area contributed by atoms with Crippen LogP contribution < -0.4 is 41.3 Å². The number of aromatic nitrogens is 16. The first-order valence-electron chi connectivity index (χ1n) is 38.5. The van der Waals surface area contributed by atoms with Crippen LogP contribution >= 0.6 is 0 Å². The second-order valence-electron chi connectivity index (χ2n) is 29.4. The van der Waals surface area contributed by atoms with Gasteiger partial charge >= 0.3 is 47.3 Å². The Balaban J connectivity index is 0.000000114. The number of hydrogen-bond acceptors (Lipinski definition) is 30. The third-order valence-corrected chi connectivity index (χ3v) is 21.6. The number of carbonyl (C=O) groups is 8. The first kappa shape index (κ1) is 78.4. The minimum Gasteiger partial charge on any atom is -0.459 e. The molecule has 37 nitrogen and oxygen atoms in total. The molecule has 5 N–H and O–H groups in total. The average molecular weight is 1610 g/mol. The van der Waals surface area contributed by atoms with E-state index in [-0.39, 0.29) is 95.2 Å². The molecule has 0 radical (unpaired) electrons. The third-order valence-electron chi connectivity index (χ3n) is 21.6. The second-order valence-corrected chi connectivity index (χ2v) is 29.4. The Morgan fingerprint density at radius 2 is 0.613 bits per heavy atom. The van der Waals surface area contributed by atoms with Gasteiger partial charge < -0.3 is 44.1 Å². The number of nitrogens with zero attached hydrogens (tertiary/aromatic N) is 20. The highest BCUT2D eigenvalue weighted by molar-refractivity contribution is 6.04. The van der Waals surface area contributed by atoms with E-state index in [1.807, 2.05) is 121 Å². The summed E-state index contributed by atoms with van der Waals surface area (Å²) in [5.74, 6) is 1.07. The maximum absolute atomic E-state index is 12.9. The monoisotopic (exact) mass is 1610 g/mol. The second kappa shape index (κ2) is 34.1. The molecular formula is C82H78N24O13. The molecule has 604 valence electrons. The van der Waals surface area contributed by atoms with Gasteiger partial charge in [0.2, 0.25) is 29.5 Å². The summed E-state index contributed by atoms with van der Waals surface area (Å²) < 4.78 is 26.5. The van der Waals surface area contributed by atoms with E-state index < -0.39 is 47.9 Å². The van der Waals surface area contributed by atoms with Gasteiger partial charge in [0.25, 0.3) is 17.7 Å². The summed E-state index contributed by atoms with van der Waals surface area (Å²) in [6.45, 7) is 2.01. The van der Waals surface area contributed by atoms with Crippen molar-refractivity contribution in [2.24, 2.45) is 29.4 Å². The standard InChI is InChI=1S/3C20H18N6O3.C12H12N2O3.C10H12N4O/c3*1-26-17-15(21-7-8-22-17)12-10-13(12)16(20(26)28)23-18(27)19-25-24-14(29-19)9-11-5-3-2-4-6-11;1-2-16-12(15)11-14-13-10(17-11)8-9-6-4-3-5-7-9;1-14-9-8(12-2-3-13-9)6-4-5(6)7(11)10(14)15/h3*2-8,12-13,16H,9-10H2,1H3,(H,23,27);3-7H,2,8H2,1H3;2-3,5-7H,4,11H2,1H3/t12-,13?,16+;2*12-,13+,16+;;5?,6-,7+/m110.1/s1. The normalized spacial score (nSPS) is 22.0. The number of amides is 7. The van der Waals surface area contributed by atoms with Crippen LogP contribution in [0.15, 0.2) is 189 Å². The zero-order valence-electron chi connectivity index (χ0n) is 64.8. The number of hydrogen-bond donors (Lipinski definition) is 4. The molecule has 8 aromatic heterocycles. The van der Waals surface area contributed by atoms with Crippen LogP contribution in [0, 0.1) is 23.7 Å². The zero-order chi connectivity index (χ0) is 82.5. The lowest BCUT2D eigenvalue weighted by molar-refractivity contribution is -0.121. The largest absolute Gasteiger partial charge is 0.459 e. The van der Waals surface area contributed by atoms with Gasteiger partial charge in [0.15, 0.2) is 23.3 Å². The van der Waals surface area contributed by atoms with Crippen molar-refractivity contribution < 1.29 is 60.8 Å². The molecule has 0 saturated heterocycles. The molecule has 4 saturated carbocycles. The van der Waals surface area contributed by atoms with Crippen molar-refractivity contribution in [1.82, 2.24) is 96.6 Å². The smallest absolute Gasteiger partial charge is 0.396 e. The lowest BCUT2D eigenvalue weighted by atomic mass is 10.1. The summed E-state index contributed by atoms with van der Waals surface area (Å²) in [5, 5.41) is 39.1. The van der Waals surface area contributed by atoms with Crippen LogP contribution in [-0.4, -0.2) is 187 Å². The summed E-state index contributed by atoms with van der Waals surface area (Å²) in [7, 11) is 6.64. The minimum atomic E-state index is -0.682. The Morgan fingerprint density at radius 3 is 0.908 bits per heavy atom. The maximum atomic E-state index is 12.9. The lowest BCUT2D eigenvalue weighted by Crippen LogP contribution is -2.48. The summed E-state index contributed by atoms with van der Waals surface area (Å²) in [4.78, 5) is 140. The van der Waals surface area contributed by atoms with Crippen LogP contribution in [0.2, 0.25) is 0 Å². The Kier molecular flexibility index (Phi) is 22.5. The highest BCUT2D eigenvalue weighted by Crippen LogP contribution is 2.56. The van der Waals surface area contributed by atoms with Gasteiger partial charge in [-0.05, 0) is 78.5 Å². The van der Waals surface area contributed by atoms with Crippen molar-refractivity contribution >= 4 is 70.6 Å². The predicted octanol–water partition coefficient (Wildman–Crippen LogP) is 5.71. The van der Waals surface area contributed by atoms with E-state index in [2.05, 4.69) is 96.6 Å². The number of rotatable bonds is 16. The molecule has 37 heteroatoms. The lowest BCUT2D eigenvalue weighted by Gasteiger charge is -2.21. The van der Waals surface area contributed by atoms with E-state index in [1.165, 1.54) is 19.6 Å². The molecule has 4 aliphatic carbocycles. The van der Waals surface area contributed by atoms with Gasteiger partial charge in [-0.25, -0.2) is 24.7 Å². The Bertz CT molecular complexity index is 5330. The van der Waals surface area contributed by atoms with Crippen LogP contribution in [0.25, 0.3) is 0 Å². The van der Waals surface area contributed by atoms with Gasteiger partial charge in [0.05, 0.1) is 61.1 Å². The molecule has 4 fully saturated rings. The predicted molar refractivity (Wildman–Crippen MR) is 417 cm³/mol. The minimum absolute atomic E-state index is 0.0152. The number of benzene rings is 4. The molecule has 12 aromatic rings. The third kappa shape index (κ3) is 17.3. The quantitative estimate of drug-likeness (QED) is 0.0842. The molecule has 20 rings (SSSR count). The summed E-state index contributed by atoms with van der Waals surface area (Å²) >= 11 is 0. The molecule has 0 spiro atoms. The van der Waals surface area contributed by atoms with E-state index >= 15 is 0 Å². The molecule has 12 atom stereocenters. The van der Waals surface area contributed by atoms with E-state index in [9.17, 15) is 38.4 Å². The molecule has 7 amide bonds. The van der Waals surface area contributed by atoms with Crippen molar-refractivity contribution in [3.05, 3.63) is 263 Å². The number of nitrogens with two attached hydrogens (primary N) is 1. The summed E-state index contributed by atoms with van der Waals surface area (Å²) in [6.07, 6.45) is 17.9. The van der Waals surface area contributed by atoms with Gasteiger partial charge in [-0.1, -0.05) is 121 Å². The number of likely N-dealkylation sites (N-methyl/N-ethyl adjacent to an activating group) is 4. The summed E-state index contributed by atoms with van der Waals surface area (Å²) in [5.41, 5.74) is 13.3. The van der Waals surface area contributed by atoms with E-state index in [4.69, 9.17) is 28.1 Å². The SMILES string of the molecule is CCOC(=O)c1nnc(Cc2ccccc2)o1.CN1C(=O)[C@@H](N)C2C[C@H]2c2nccnc21.CN1C(=O)[C@@H](NC(=O)c2nnc(Cc3ccccc3)o2)C2C[C@H]2c2nccnc21.CN1C(=O)[C@@H](NC(=O)c2nnc(Cc3ccccc3)o2)[C@H]2C[C@H]2c2nccnc21.CN1C(=O)[C@H](NC(=O)c2nnc(Cc3ccccc3)o2)[C@@H]2C[C@@H]2c2nccnc21. The van der Waals surface area contributed by atoms with Gasteiger partial charge in [-0.3, -0.25) is 73.1 Å². The zero-order valence-corrected chi connectivity index (χ0v) is 64.8. The molecule has 8 aliphatic rings. The maximum Gasteiger partial charge on any atom is 0.396 e.